The quantitative estimate of drug-likeness (QED) is 0.655. The van der Waals surface area contributed by atoms with Gasteiger partial charge in [-0.15, -0.1) is 0 Å². The van der Waals surface area contributed by atoms with Gasteiger partial charge in [0.25, 0.3) is 0 Å². The molecule has 0 unspecified atom stereocenters. The molecule has 3 amide bonds. The maximum absolute atomic E-state index is 13.1. The molecule has 3 rings (SSSR count). The Labute approximate surface area is 178 Å². The van der Waals surface area contributed by atoms with Gasteiger partial charge in [0.05, 0.1) is 11.9 Å². The summed E-state index contributed by atoms with van der Waals surface area (Å²) < 4.78 is 0. The van der Waals surface area contributed by atoms with Crippen molar-refractivity contribution >= 4 is 29.2 Å². The fourth-order valence-corrected chi connectivity index (χ4v) is 4.80. The summed E-state index contributed by atoms with van der Waals surface area (Å²) in [5.41, 5.74) is 6.95. The molecule has 8 nitrogen and oxygen atoms in total. The average molecular weight is 416 g/mol. The topological polar surface area (TPSA) is 117 Å². The second kappa shape index (κ2) is 9.45. The Kier molecular flexibility index (Phi) is 6.95. The van der Waals surface area contributed by atoms with E-state index in [1.807, 2.05) is 0 Å². The van der Waals surface area contributed by atoms with Gasteiger partial charge in [0.2, 0.25) is 5.91 Å². The first-order chi connectivity index (χ1) is 14.2. The molecule has 2 fully saturated rings. The van der Waals surface area contributed by atoms with Crippen molar-refractivity contribution in [3.05, 3.63) is 17.8 Å². The van der Waals surface area contributed by atoms with Crippen molar-refractivity contribution in [1.29, 1.82) is 0 Å². The first-order valence-electron chi connectivity index (χ1n) is 10.9. The average Bonchev–Trinajstić information content (AvgIpc) is 2.70. The molecular formula is C22H33N5O3. The predicted octanol–water partition coefficient (Wildman–Crippen LogP) is 2.23. The van der Waals surface area contributed by atoms with Crippen molar-refractivity contribution < 1.29 is 14.4 Å². The smallest absolute Gasteiger partial charge is 0.313 e. The minimum atomic E-state index is -0.632. The Morgan fingerprint density at radius 3 is 2.47 bits per heavy atom. The highest BCUT2D eigenvalue weighted by Crippen LogP contribution is 2.35. The number of aryl methyl sites for hydroxylation is 1. The fourth-order valence-electron chi connectivity index (χ4n) is 4.80. The normalized spacial score (nSPS) is 26.7. The van der Waals surface area contributed by atoms with Crippen molar-refractivity contribution in [2.24, 2.45) is 11.8 Å². The van der Waals surface area contributed by atoms with Crippen molar-refractivity contribution in [3.8, 4) is 0 Å². The van der Waals surface area contributed by atoms with Gasteiger partial charge in [0.1, 0.15) is 5.82 Å². The lowest BCUT2D eigenvalue weighted by Crippen LogP contribution is -2.54. The van der Waals surface area contributed by atoms with Gasteiger partial charge >= 0.3 is 11.8 Å². The molecule has 1 aromatic rings. The van der Waals surface area contributed by atoms with Crippen LogP contribution in [0.2, 0.25) is 0 Å². The second-order valence-corrected chi connectivity index (χ2v) is 8.90. The largest absolute Gasteiger partial charge is 0.383 e. The van der Waals surface area contributed by atoms with E-state index in [9.17, 15) is 14.4 Å². The van der Waals surface area contributed by atoms with Gasteiger partial charge in [-0.25, -0.2) is 4.98 Å². The van der Waals surface area contributed by atoms with Crippen LogP contribution in [-0.2, 0) is 14.4 Å². The van der Waals surface area contributed by atoms with E-state index in [0.717, 1.165) is 44.1 Å². The Hall–Kier alpha value is -2.64. The highest BCUT2D eigenvalue weighted by atomic mass is 16.2. The van der Waals surface area contributed by atoms with Crippen LogP contribution in [0.25, 0.3) is 0 Å². The molecule has 1 aromatic heterocycles. The van der Waals surface area contributed by atoms with Gasteiger partial charge < -0.3 is 21.3 Å². The number of amides is 3. The van der Waals surface area contributed by atoms with Crippen LogP contribution >= 0.6 is 0 Å². The van der Waals surface area contributed by atoms with E-state index in [0.29, 0.717) is 29.9 Å². The molecule has 0 spiro atoms. The number of carbonyl (C=O) groups is 3. The molecule has 0 aromatic carbocycles. The number of nitrogen functional groups attached to an aromatic ring is 1. The zero-order valence-corrected chi connectivity index (χ0v) is 18.1. The first-order valence-corrected chi connectivity index (χ1v) is 10.9. The first kappa shape index (κ1) is 22.1. The predicted molar refractivity (Wildman–Crippen MR) is 115 cm³/mol. The van der Waals surface area contributed by atoms with Crippen LogP contribution < -0.4 is 16.4 Å². The highest BCUT2D eigenvalue weighted by Gasteiger charge is 2.39. The molecule has 0 bridgehead atoms. The van der Waals surface area contributed by atoms with E-state index in [4.69, 9.17) is 5.73 Å². The lowest BCUT2D eigenvalue weighted by Gasteiger charge is -2.44. The van der Waals surface area contributed by atoms with Crippen LogP contribution in [0, 0.1) is 18.8 Å². The number of rotatable bonds is 3. The van der Waals surface area contributed by atoms with Gasteiger partial charge in [-0.3, -0.25) is 14.4 Å². The number of hydrogen-bond acceptors (Lipinski definition) is 5. The Balaban J connectivity index is 1.66. The maximum atomic E-state index is 13.1. The molecule has 1 saturated carbocycles. The number of nitrogens with zero attached hydrogens (tertiary/aromatic N) is 2. The number of carbonyl (C=O) groups excluding carboxylic acids is 3. The molecule has 1 saturated heterocycles. The number of aromatic nitrogens is 1. The standard InChI is InChI=1S/C22H33N5O3/c1-13-4-9-19(16-5-7-17(8-6-16)25-15(3)28)27(12-13)22(30)21(29)26-18-10-14(2)20(23)24-11-18/h10-11,13,16-17,19H,4-9,12H2,1-3H3,(H2,23,24)(H,25,28)(H,26,29)/t13-,16?,17?,19+/m0/s1. The molecular weight excluding hydrogens is 382 g/mol. The summed E-state index contributed by atoms with van der Waals surface area (Å²) in [6.45, 7) is 6.07. The number of piperidine rings is 1. The second-order valence-electron chi connectivity index (χ2n) is 8.90. The molecule has 2 heterocycles. The van der Waals surface area contributed by atoms with Crippen molar-refractivity contribution in [3.63, 3.8) is 0 Å². The van der Waals surface area contributed by atoms with Crippen molar-refractivity contribution in [1.82, 2.24) is 15.2 Å². The van der Waals surface area contributed by atoms with E-state index in [1.165, 1.54) is 6.20 Å². The molecule has 164 valence electrons. The number of nitrogens with two attached hydrogens (primary N) is 1. The van der Waals surface area contributed by atoms with E-state index < -0.39 is 11.8 Å². The fraction of sp³-hybridized carbons (Fsp3) is 0.636. The van der Waals surface area contributed by atoms with E-state index >= 15 is 0 Å². The van der Waals surface area contributed by atoms with E-state index in [1.54, 1.807) is 24.8 Å². The molecule has 0 radical (unpaired) electrons. The third-order valence-corrected chi connectivity index (χ3v) is 6.42. The molecule has 1 aliphatic carbocycles. The Bertz CT molecular complexity index is 804. The molecule has 2 aliphatic rings. The number of anilines is 2. The number of likely N-dealkylation sites (tertiary alicyclic amines) is 1. The minimum absolute atomic E-state index is 0.00538. The summed E-state index contributed by atoms with van der Waals surface area (Å²) in [5.74, 6) is 0.0239. The number of hydrogen-bond donors (Lipinski definition) is 3. The number of nitrogens with one attached hydrogen (secondary N) is 2. The highest BCUT2D eigenvalue weighted by molar-refractivity contribution is 6.39. The van der Waals surface area contributed by atoms with Crippen LogP contribution in [0.3, 0.4) is 0 Å². The summed E-state index contributed by atoms with van der Waals surface area (Å²) in [6.07, 6.45) is 7.18. The monoisotopic (exact) mass is 415 g/mol. The zero-order valence-electron chi connectivity index (χ0n) is 18.1. The van der Waals surface area contributed by atoms with Crippen molar-refractivity contribution in [2.45, 2.75) is 71.4 Å². The molecule has 2 atom stereocenters. The third-order valence-electron chi connectivity index (χ3n) is 6.42. The summed E-state index contributed by atoms with van der Waals surface area (Å²) in [7, 11) is 0. The van der Waals surface area contributed by atoms with Gasteiger partial charge in [-0.05, 0) is 68.9 Å². The Morgan fingerprint density at radius 2 is 1.83 bits per heavy atom. The van der Waals surface area contributed by atoms with Crippen LogP contribution in [0.5, 0.6) is 0 Å². The summed E-state index contributed by atoms with van der Waals surface area (Å²) in [5, 5.41) is 5.68. The molecule has 8 heteroatoms. The van der Waals surface area contributed by atoms with Gasteiger partial charge in [-0.2, -0.15) is 0 Å². The lowest BCUT2D eigenvalue weighted by atomic mass is 9.77. The third kappa shape index (κ3) is 5.29. The summed E-state index contributed by atoms with van der Waals surface area (Å²) >= 11 is 0. The van der Waals surface area contributed by atoms with Crippen LogP contribution in [0.4, 0.5) is 11.5 Å². The van der Waals surface area contributed by atoms with Crippen molar-refractivity contribution in [2.75, 3.05) is 17.6 Å². The van der Waals surface area contributed by atoms with Crippen LogP contribution in [0.1, 0.15) is 57.9 Å². The minimum Gasteiger partial charge on any atom is -0.383 e. The van der Waals surface area contributed by atoms with Crippen LogP contribution in [0.15, 0.2) is 12.3 Å². The lowest BCUT2D eigenvalue weighted by molar-refractivity contribution is -0.147. The SMILES string of the molecule is CC(=O)NC1CCC([C@H]2CC[C@H](C)CN2C(=O)C(=O)Nc2cnc(N)c(C)c2)CC1. The van der Waals surface area contributed by atoms with Crippen LogP contribution in [-0.4, -0.2) is 46.2 Å². The molecule has 1 aliphatic heterocycles. The Morgan fingerprint density at radius 1 is 1.13 bits per heavy atom. The summed E-state index contributed by atoms with van der Waals surface area (Å²) in [4.78, 5) is 42.9. The zero-order chi connectivity index (χ0) is 21.8. The van der Waals surface area contributed by atoms with Gasteiger partial charge in [0.15, 0.2) is 0 Å². The van der Waals surface area contributed by atoms with E-state index in [-0.39, 0.29) is 18.0 Å². The molecule has 30 heavy (non-hydrogen) atoms. The molecule has 4 N–H and O–H groups in total. The summed E-state index contributed by atoms with van der Waals surface area (Å²) in [6, 6.07) is 2.01. The van der Waals surface area contributed by atoms with Gasteiger partial charge in [0, 0.05) is 25.6 Å². The van der Waals surface area contributed by atoms with E-state index in [2.05, 4.69) is 22.5 Å². The van der Waals surface area contributed by atoms with Gasteiger partial charge in [-0.1, -0.05) is 6.92 Å². The number of pyridine rings is 1. The maximum Gasteiger partial charge on any atom is 0.313 e.